The van der Waals surface area contributed by atoms with Crippen molar-refractivity contribution in [2.24, 2.45) is 0 Å². The first kappa shape index (κ1) is 14.8. The molecule has 0 aromatic carbocycles. The average molecular weight is 303 g/mol. The molecule has 1 N–H and O–H groups in total. The lowest BCUT2D eigenvalue weighted by molar-refractivity contribution is -0.130. The normalized spacial score (nSPS) is 17.0. The number of alkyl halides is 1. The summed E-state index contributed by atoms with van der Waals surface area (Å²) in [4.78, 5) is 14.7. The van der Waals surface area contributed by atoms with E-state index in [2.05, 4.69) is 4.37 Å². The van der Waals surface area contributed by atoms with E-state index in [0.29, 0.717) is 19.5 Å². The molecule has 0 radical (unpaired) electrons. The molecule has 6 heteroatoms. The van der Waals surface area contributed by atoms with E-state index < -0.39 is 5.60 Å². The fourth-order valence-electron chi connectivity index (χ4n) is 2.19. The summed E-state index contributed by atoms with van der Waals surface area (Å²) in [5, 5.41) is 10.1. The van der Waals surface area contributed by atoms with Crippen molar-refractivity contribution in [1.82, 2.24) is 9.27 Å². The van der Waals surface area contributed by atoms with Gasteiger partial charge in [0.25, 0.3) is 0 Å². The van der Waals surface area contributed by atoms with E-state index in [1.807, 2.05) is 13.1 Å². The van der Waals surface area contributed by atoms with Crippen LogP contribution in [-0.2, 0) is 11.3 Å². The molecule has 2 rings (SSSR count). The van der Waals surface area contributed by atoms with E-state index >= 15 is 0 Å². The maximum atomic E-state index is 11.9. The van der Waals surface area contributed by atoms with Crippen LogP contribution in [0.3, 0.4) is 0 Å². The minimum Gasteiger partial charge on any atom is -0.390 e. The molecule has 1 saturated carbocycles. The molecule has 1 aliphatic rings. The predicted molar refractivity (Wildman–Crippen MR) is 76.4 cm³/mol. The second-order valence-corrected chi connectivity index (χ2v) is 6.36. The summed E-state index contributed by atoms with van der Waals surface area (Å²) in [5.41, 5.74) is 0.535. The number of amides is 1. The third kappa shape index (κ3) is 3.68. The molecular weight excluding hydrogens is 284 g/mol. The fraction of sp³-hybridized carbons (Fsp3) is 0.692. The Kier molecular flexibility index (Phi) is 4.81. The Morgan fingerprint density at radius 1 is 1.63 bits per heavy atom. The lowest BCUT2D eigenvalue weighted by Crippen LogP contribution is -2.42. The zero-order chi connectivity index (χ0) is 13.9. The molecule has 0 spiro atoms. The third-order valence-corrected chi connectivity index (χ3v) is 4.89. The van der Waals surface area contributed by atoms with Crippen LogP contribution in [-0.4, -0.2) is 38.3 Å². The van der Waals surface area contributed by atoms with Crippen molar-refractivity contribution in [3.8, 4) is 0 Å². The fourth-order valence-corrected chi connectivity index (χ4v) is 3.11. The van der Waals surface area contributed by atoms with Crippen LogP contribution in [0.4, 0.5) is 0 Å². The summed E-state index contributed by atoms with van der Waals surface area (Å²) in [6.07, 6.45) is 5.20. The Bertz CT molecular complexity index is 446. The van der Waals surface area contributed by atoms with Gasteiger partial charge in [0.05, 0.1) is 12.1 Å². The highest BCUT2D eigenvalue weighted by Gasteiger charge is 2.34. The number of hydrogen-bond acceptors (Lipinski definition) is 4. The first-order valence-corrected chi connectivity index (χ1v) is 7.81. The first-order valence-electron chi connectivity index (χ1n) is 6.50. The molecule has 4 nitrogen and oxygen atoms in total. The van der Waals surface area contributed by atoms with Crippen LogP contribution in [0.25, 0.3) is 0 Å². The highest BCUT2D eigenvalue weighted by atomic mass is 35.5. The van der Waals surface area contributed by atoms with Crippen LogP contribution in [0.1, 0.15) is 36.1 Å². The minimum absolute atomic E-state index is 0.0176. The van der Waals surface area contributed by atoms with E-state index in [0.717, 1.165) is 29.7 Å². The van der Waals surface area contributed by atoms with Gasteiger partial charge in [-0.3, -0.25) is 4.79 Å². The lowest BCUT2D eigenvalue weighted by atomic mass is 9.78. The Hall–Kier alpha value is -0.650. The quantitative estimate of drug-likeness (QED) is 0.821. The summed E-state index contributed by atoms with van der Waals surface area (Å²) in [5.74, 6) is -0.103. The molecule has 1 aromatic heterocycles. The topological polar surface area (TPSA) is 53.4 Å². The summed E-state index contributed by atoms with van der Waals surface area (Å²) in [6, 6.07) is 0. The van der Waals surface area contributed by atoms with E-state index in [1.165, 1.54) is 11.5 Å². The van der Waals surface area contributed by atoms with Gasteiger partial charge in [0.15, 0.2) is 0 Å². The largest absolute Gasteiger partial charge is 0.390 e. The maximum Gasteiger partial charge on any atom is 0.237 e. The first-order chi connectivity index (χ1) is 9.04. The molecule has 1 aliphatic carbocycles. The van der Waals surface area contributed by atoms with E-state index in [4.69, 9.17) is 11.6 Å². The molecule has 0 saturated heterocycles. The molecule has 1 aromatic rings. The maximum absolute atomic E-state index is 11.9. The standard InChI is InChI=1S/C13H19ClN2O2S/c1-10-8-15-19-11(10)9-16(12(17)7-14)6-5-13(18)3-2-4-13/h8,18H,2-7,9H2,1H3. The van der Waals surface area contributed by atoms with Crippen molar-refractivity contribution in [3.63, 3.8) is 0 Å². The van der Waals surface area contributed by atoms with Crippen LogP contribution < -0.4 is 0 Å². The Balaban J connectivity index is 1.95. The van der Waals surface area contributed by atoms with Gasteiger partial charge in [-0.05, 0) is 49.7 Å². The van der Waals surface area contributed by atoms with Gasteiger partial charge in [-0.25, -0.2) is 4.37 Å². The van der Waals surface area contributed by atoms with Crippen molar-refractivity contribution in [2.45, 2.75) is 44.8 Å². The number of nitrogens with zero attached hydrogens (tertiary/aromatic N) is 2. The number of aliphatic hydroxyl groups is 1. The SMILES string of the molecule is Cc1cnsc1CN(CCC1(O)CCC1)C(=O)CCl. The molecule has 0 atom stereocenters. The Morgan fingerprint density at radius 2 is 2.37 bits per heavy atom. The zero-order valence-electron chi connectivity index (χ0n) is 11.1. The van der Waals surface area contributed by atoms with Gasteiger partial charge in [-0.1, -0.05) is 0 Å². The van der Waals surface area contributed by atoms with Crippen molar-refractivity contribution < 1.29 is 9.90 Å². The summed E-state index contributed by atoms with van der Waals surface area (Å²) < 4.78 is 4.12. The van der Waals surface area contributed by atoms with Crippen LogP contribution in [0, 0.1) is 6.92 Å². The predicted octanol–water partition coefficient (Wildman–Crippen LogP) is 2.32. The molecule has 1 heterocycles. The van der Waals surface area contributed by atoms with Gasteiger partial charge in [-0.15, -0.1) is 11.6 Å². The van der Waals surface area contributed by atoms with E-state index in [9.17, 15) is 9.90 Å². The lowest BCUT2D eigenvalue weighted by Gasteiger charge is -2.38. The smallest absolute Gasteiger partial charge is 0.237 e. The average Bonchev–Trinajstić information content (AvgIpc) is 2.76. The second kappa shape index (κ2) is 6.20. The van der Waals surface area contributed by atoms with Gasteiger partial charge in [0.2, 0.25) is 5.91 Å². The number of aromatic nitrogens is 1. The molecule has 1 fully saturated rings. The Morgan fingerprint density at radius 3 is 2.84 bits per heavy atom. The van der Waals surface area contributed by atoms with Crippen LogP contribution in [0.5, 0.6) is 0 Å². The van der Waals surface area contributed by atoms with Crippen molar-refractivity contribution in [2.75, 3.05) is 12.4 Å². The van der Waals surface area contributed by atoms with Gasteiger partial charge < -0.3 is 10.0 Å². The monoisotopic (exact) mass is 302 g/mol. The number of hydrogen-bond donors (Lipinski definition) is 1. The molecule has 0 bridgehead atoms. The van der Waals surface area contributed by atoms with Crippen LogP contribution in [0.2, 0.25) is 0 Å². The molecule has 19 heavy (non-hydrogen) atoms. The summed E-state index contributed by atoms with van der Waals surface area (Å²) >= 11 is 7.07. The zero-order valence-corrected chi connectivity index (χ0v) is 12.6. The van der Waals surface area contributed by atoms with E-state index in [-0.39, 0.29) is 11.8 Å². The number of halogens is 1. The van der Waals surface area contributed by atoms with E-state index in [1.54, 1.807) is 4.90 Å². The molecule has 0 unspecified atom stereocenters. The van der Waals surface area contributed by atoms with Gasteiger partial charge in [-0.2, -0.15) is 0 Å². The molecular formula is C13H19ClN2O2S. The summed E-state index contributed by atoms with van der Waals surface area (Å²) in [7, 11) is 0. The number of aryl methyl sites for hydroxylation is 1. The summed E-state index contributed by atoms with van der Waals surface area (Å²) in [6.45, 7) is 3.08. The van der Waals surface area contributed by atoms with Gasteiger partial charge >= 0.3 is 0 Å². The number of carbonyl (C=O) groups is 1. The van der Waals surface area contributed by atoms with Crippen molar-refractivity contribution >= 4 is 29.0 Å². The van der Waals surface area contributed by atoms with Crippen molar-refractivity contribution in [1.29, 1.82) is 0 Å². The third-order valence-electron chi connectivity index (χ3n) is 3.78. The minimum atomic E-state index is -0.562. The van der Waals surface area contributed by atoms with Gasteiger partial charge in [0.1, 0.15) is 5.88 Å². The van der Waals surface area contributed by atoms with Crippen LogP contribution in [0.15, 0.2) is 6.20 Å². The van der Waals surface area contributed by atoms with Crippen molar-refractivity contribution in [3.05, 3.63) is 16.6 Å². The number of rotatable bonds is 6. The molecule has 0 aliphatic heterocycles. The van der Waals surface area contributed by atoms with Crippen LogP contribution >= 0.6 is 23.1 Å². The highest BCUT2D eigenvalue weighted by Crippen LogP contribution is 2.34. The second-order valence-electron chi connectivity index (χ2n) is 5.21. The van der Waals surface area contributed by atoms with Gasteiger partial charge in [0, 0.05) is 17.6 Å². The Labute approximate surface area is 122 Å². The molecule has 1 amide bonds. The number of carbonyl (C=O) groups excluding carboxylic acids is 1. The molecule has 106 valence electrons. The highest BCUT2D eigenvalue weighted by molar-refractivity contribution is 7.05.